The van der Waals surface area contributed by atoms with Crippen LogP contribution in [0.2, 0.25) is 10.0 Å². The zero-order valence-electron chi connectivity index (χ0n) is 19.0. The Bertz CT molecular complexity index is 1290. The molecule has 166 valence electrons. The summed E-state index contributed by atoms with van der Waals surface area (Å²) in [6.07, 6.45) is 0. The van der Waals surface area contributed by atoms with Crippen molar-refractivity contribution in [2.24, 2.45) is 7.05 Å². The Morgan fingerprint density at radius 1 is 1.19 bits per heavy atom. The molecule has 0 saturated heterocycles. The van der Waals surface area contributed by atoms with E-state index in [9.17, 15) is 4.79 Å². The average molecular weight is 470 g/mol. The van der Waals surface area contributed by atoms with E-state index in [-0.39, 0.29) is 5.78 Å². The fourth-order valence-electron chi connectivity index (χ4n) is 3.45. The van der Waals surface area contributed by atoms with E-state index in [1.165, 1.54) is 0 Å². The number of Topliss-reactive ketones (excluding diaryl/α,β-unsaturated/α-hetero) is 1. The minimum atomic E-state index is -0.0488. The van der Waals surface area contributed by atoms with Crippen LogP contribution in [0.4, 0.5) is 11.6 Å². The number of benzene rings is 2. The number of halogens is 2. The van der Waals surface area contributed by atoms with E-state index >= 15 is 0 Å². The zero-order valence-corrected chi connectivity index (χ0v) is 20.5. The first-order valence-electron chi connectivity index (χ1n) is 10.0. The summed E-state index contributed by atoms with van der Waals surface area (Å²) < 4.78 is 6.93. The third kappa shape index (κ3) is 4.54. The van der Waals surface area contributed by atoms with Crippen molar-refractivity contribution in [3.8, 4) is 11.8 Å². The van der Waals surface area contributed by atoms with Crippen molar-refractivity contribution >= 4 is 57.2 Å². The van der Waals surface area contributed by atoms with Gasteiger partial charge in [0, 0.05) is 14.2 Å². The zero-order chi connectivity index (χ0) is 23.6. The number of hydrogen-bond acceptors (Lipinski definition) is 4. The number of aryl methyl sites for hydroxylation is 1. The molecule has 0 spiro atoms. The normalized spacial score (nSPS) is 10.6. The molecule has 3 aromatic rings. The number of para-hydroxylation sites is 1. The number of ether oxygens (including phenoxy) is 1. The van der Waals surface area contributed by atoms with Gasteiger partial charge in [0.25, 0.3) is 0 Å². The van der Waals surface area contributed by atoms with Crippen LogP contribution in [0.25, 0.3) is 16.6 Å². The average Bonchev–Trinajstić information content (AvgIpc) is 3.06. The number of fused-ring (bicyclic) bond motifs is 1. The Kier molecular flexibility index (Phi) is 7.30. The van der Waals surface area contributed by atoms with E-state index in [4.69, 9.17) is 32.9 Å². The van der Waals surface area contributed by atoms with E-state index in [0.29, 0.717) is 50.4 Å². The molecule has 0 radical (unpaired) electrons. The summed E-state index contributed by atoms with van der Waals surface area (Å²) >= 11 is 12.7. The molecule has 0 bridgehead atoms. The molecule has 0 atom stereocenters. The molecule has 3 rings (SSSR count). The van der Waals surface area contributed by atoms with E-state index in [2.05, 4.69) is 17.2 Å². The van der Waals surface area contributed by atoms with Crippen LogP contribution in [-0.4, -0.2) is 29.1 Å². The van der Waals surface area contributed by atoms with Crippen molar-refractivity contribution in [1.82, 2.24) is 9.55 Å². The maximum Gasteiger partial charge on any atom is 0.208 e. The van der Waals surface area contributed by atoms with E-state index < -0.39 is 0 Å². The fourth-order valence-corrected chi connectivity index (χ4v) is 3.94. The first-order valence-corrected chi connectivity index (χ1v) is 10.8. The molecule has 7 heteroatoms. The van der Waals surface area contributed by atoms with Gasteiger partial charge in [-0.2, -0.15) is 0 Å². The van der Waals surface area contributed by atoms with Crippen LogP contribution in [0, 0.1) is 11.8 Å². The van der Waals surface area contributed by atoms with Gasteiger partial charge in [-0.3, -0.25) is 4.79 Å². The SMILES string of the molecule is COCC#Cc1cc(C(C)=C(C)C)c(C(C)=O)c2c1nc(Nc1c(Cl)cccc1Cl)n2C. The van der Waals surface area contributed by atoms with E-state index in [0.717, 1.165) is 16.7 Å². The summed E-state index contributed by atoms with van der Waals surface area (Å²) in [5.41, 5.74) is 6.17. The lowest BCUT2D eigenvalue weighted by Gasteiger charge is -2.14. The number of ketones is 1. The Hall–Kier alpha value is -2.78. The standard InChI is InChI=1S/C25H25Cl2N3O2/c1-14(2)15(3)18-13-17(9-8-12-32-6)22-24(21(18)16(4)31)30(5)25(28-22)29-23-19(26)10-7-11-20(23)27/h7,10-11,13H,12H2,1-6H3,(H,28,29). The van der Waals surface area contributed by atoms with Gasteiger partial charge < -0.3 is 14.6 Å². The number of carbonyl (C=O) groups excluding carboxylic acids is 1. The molecule has 0 aliphatic carbocycles. The lowest BCUT2D eigenvalue weighted by molar-refractivity contribution is 0.101. The minimum absolute atomic E-state index is 0.0488. The topological polar surface area (TPSA) is 56.1 Å². The number of hydrogen-bond donors (Lipinski definition) is 1. The third-order valence-corrected chi connectivity index (χ3v) is 5.92. The van der Waals surface area contributed by atoms with Crippen LogP contribution in [0.15, 0.2) is 29.8 Å². The second-order valence-corrected chi connectivity index (χ2v) is 8.49. The maximum absolute atomic E-state index is 12.8. The number of imidazole rings is 1. The van der Waals surface area contributed by atoms with Gasteiger partial charge in [0.1, 0.15) is 12.1 Å². The Morgan fingerprint density at radius 2 is 1.84 bits per heavy atom. The number of methoxy groups -OCH3 is 1. The molecule has 0 fully saturated rings. The summed E-state index contributed by atoms with van der Waals surface area (Å²) in [7, 11) is 3.45. The van der Waals surface area contributed by atoms with E-state index in [1.807, 2.05) is 38.5 Å². The first kappa shape index (κ1) is 23.9. The monoisotopic (exact) mass is 469 g/mol. The maximum atomic E-state index is 12.8. The lowest BCUT2D eigenvalue weighted by Crippen LogP contribution is -2.06. The van der Waals surface area contributed by atoms with E-state index in [1.54, 1.807) is 32.2 Å². The van der Waals surface area contributed by atoms with Crippen LogP contribution < -0.4 is 5.32 Å². The number of anilines is 2. The summed E-state index contributed by atoms with van der Waals surface area (Å²) in [6, 6.07) is 7.20. The molecular weight excluding hydrogens is 445 g/mol. The fraction of sp³-hybridized carbons (Fsp3) is 0.280. The number of rotatable bonds is 5. The van der Waals surface area contributed by atoms with Gasteiger partial charge in [-0.25, -0.2) is 4.98 Å². The van der Waals surface area contributed by atoms with Crippen LogP contribution in [0.5, 0.6) is 0 Å². The number of allylic oxidation sites excluding steroid dienone is 2. The van der Waals surface area contributed by atoms with Gasteiger partial charge >= 0.3 is 0 Å². The summed E-state index contributed by atoms with van der Waals surface area (Å²) in [5, 5.41) is 4.16. The molecule has 32 heavy (non-hydrogen) atoms. The van der Waals surface area contributed by atoms with Crippen molar-refractivity contribution < 1.29 is 9.53 Å². The Labute approximate surface area is 198 Å². The molecule has 0 unspecified atom stereocenters. The van der Waals surface area contributed by atoms with Crippen molar-refractivity contribution in [2.45, 2.75) is 27.7 Å². The molecule has 1 N–H and O–H groups in total. The van der Waals surface area contributed by atoms with Gasteiger partial charge in [-0.05, 0) is 57.0 Å². The van der Waals surface area contributed by atoms with Crippen LogP contribution in [-0.2, 0) is 11.8 Å². The predicted molar refractivity (Wildman–Crippen MR) is 133 cm³/mol. The van der Waals surface area contributed by atoms with Gasteiger partial charge in [-0.15, -0.1) is 0 Å². The first-order chi connectivity index (χ1) is 15.2. The highest BCUT2D eigenvalue weighted by Crippen LogP contribution is 2.36. The number of carbonyl (C=O) groups is 1. The molecular formula is C25H25Cl2N3O2. The Morgan fingerprint density at radius 3 is 2.41 bits per heavy atom. The van der Waals surface area contributed by atoms with Gasteiger partial charge in [0.15, 0.2) is 5.78 Å². The van der Waals surface area contributed by atoms with Gasteiger partial charge in [-0.1, -0.05) is 46.7 Å². The number of nitrogens with one attached hydrogen (secondary N) is 1. The summed E-state index contributed by atoms with van der Waals surface area (Å²) in [6.45, 7) is 7.91. The second-order valence-electron chi connectivity index (χ2n) is 7.68. The molecule has 0 aliphatic heterocycles. The largest absolute Gasteiger partial charge is 0.372 e. The highest BCUT2D eigenvalue weighted by atomic mass is 35.5. The van der Waals surface area contributed by atoms with Gasteiger partial charge in [0.2, 0.25) is 5.95 Å². The predicted octanol–water partition coefficient (Wildman–Crippen LogP) is 6.64. The molecule has 2 aromatic carbocycles. The molecule has 1 aromatic heterocycles. The third-order valence-electron chi connectivity index (χ3n) is 5.29. The van der Waals surface area contributed by atoms with Crippen molar-refractivity contribution in [3.05, 3.63) is 56.6 Å². The quantitative estimate of drug-likeness (QED) is 0.336. The second kappa shape index (κ2) is 9.79. The smallest absolute Gasteiger partial charge is 0.208 e. The van der Waals surface area contributed by atoms with Gasteiger partial charge in [0.05, 0.1) is 32.4 Å². The highest BCUT2D eigenvalue weighted by molar-refractivity contribution is 6.39. The van der Waals surface area contributed by atoms with Crippen LogP contribution in [0.3, 0.4) is 0 Å². The minimum Gasteiger partial charge on any atom is -0.372 e. The summed E-state index contributed by atoms with van der Waals surface area (Å²) in [4.78, 5) is 17.6. The molecule has 0 amide bonds. The van der Waals surface area contributed by atoms with Crippen LogP contribution >= 0.6 is 23.2 Å². The molecule has 1 heterocycles. The summed E-state index contributed by atoms with van der Waals surface area (Å²) in [5.74, 6) is 6.60. The molecule has 0 aliphatic rings. The molecule has 5 nitrogen and oxygen atoms in total. The Balaban J connectivity index is 2.38. The lowest BCUT2D eigenvalue weighted by atomic mass is 9.92. The highest BCUT2D eigenvalue weighted by Gasteiger charge is 2.23. The number of aromatic nitrogens is 2. The van der Waals surface area contributed by atoms with Crippen LogP contribution in [0.1, 0.15) is 49.2 Å². The number of nitrogens with zero attached hydrogens (tertiary/aromatic N) is 2. The van der Waals surface area contributed by atoms with Crippen molar-refractivity contribution in [3.63, 3.8) is 0 Å². The molecule has 0 saturated carbocycles. The van der Waals surface area contributed by atoms with Crippen molar-refractivity contribution in [1.29, 1.82) is 0 Å². The van der Waals surface area contributed by atoms with Crippen molar-refractivity contribution in [2.75, 3.05) is 19.0 Å².